The van der Waals surface area contributed by atoms with E-state index in [1.807, 2.05) is 24.3 Å². The van der Waals surface area contributed by atoms with Crippen LogP contribution in [0.1, 0.15) is 57.4 Å². The number of hydrogen-bond acceptors (Lipinski definition) is 2. The maximum atomic E-state index is 13.1. The van der Waals surface area contributed by atoms with Crippen molar-refractivity contribution in [2.75, 3.05) is 4.90 Å². The minimum Gasteiger partial charge on any atom is -0.331 e. The van der Waals surface area contributed by atoms with Gasteiger partial charge in [0, 0.05) is 19.3 Å². The molecule has 4 aliphatic carbocycles. The molecule has 2 amide bonds. The summed E-state index contributed by atoms with van der Waals surface area (Å²) in [7, 11) is 0. The first kappa shape index (κ1) is 16.5. The van der Waals surface area contributed by atoms with E-state index in [2.05, 4.69) is 12.2 Å². The van der Waals surface area contributed by atoms with Gasteiger partial charge in [-0.25, -0.2) is 4.90 Å². The molecular formula is C22H29N2O2+. The highest BCUT2D eigenvalue weighted by atomic mass is 16.2. The van der Waals surface area contributed by atoms with Crippen LogP contribution in [0.25, 0.3) is 0 Å². The van der Waals surface area contributed by atoms with Gasteiger partial charge in [-0.3, -0.25) is 9.59 Å². The third-order valence-electron chi connectivity index (χ3n) is 7.42. The van der Waals surface area contributed by atoms with Crippen LogP contribution in [0.15, 0.2) is 24.3 Å². The summed E-state index contributed by atoms with van der Waals surface area (Å²) < 4.78 is 0. The van der Waals surface area contributed by atoms with Crippen LogP contribution in [0.5, 0.6) is 0 Å². The van der Waals surface area contributed by atoms with Gasteiger partial charge in [-0.1, -0.05) is 19.1 Å². The van der Waals surface area contributed by atoms with Crippen molar-refractivity contribution >= 4 is 17.5 Å². The molecule has 6 rings (SSSR count). The van der Waals surface area contributed by atoms with Gasteiger partial charge >= 0.3 is 0 Å². The highest BCUT2D eigenvalue weighted by Crippen LogP contribution is 2.54. The Labute approximate surface area is 155 Å². The number of imide groups is 1. The topological polar surface area (TPSA) is 54.0 Å². The van der Waals surface area contributed by atoms with Crippen LogP contribution in [0.4, 0.5) is 5.69 Å². The predicted molar refractivity (Wildman–Crippen MR) is 99.5 cm³/mol. The van der Waals surface area contributed by atoms with Crippen LogP contribution in [0.3, 0.4) is 0 Å². The van der Waals surface area contributed by atoms with Gasteiger partial charge in [0.2, 0.25) is 5.91 Å². The second-order valence-corrected chi connectivity index (χ2v) is 9.34. The van der Waals surface area contributed by atoms with Crippen LogP contribution >= 0.6 is 0 Å². The largest absolute Gasteiger partial charge is 0.331 e. The van der Waals surface area contributed by atoms with Crippen molar-refractivity contribution in [1.29, 1.82) is 0 Å². The molecule has 5 fully saturated rings. The van der Waals surface area contributed by atoms with Crippen LogP contribution in [0, 0.1) is 17.8 Å². The number of rotatable bonds is 4. The average Bonchev–Trinajstić information content (AvgIpc) is 2.87. The number of carbonyl (C=O) groups excluding carboxylic acids is 2. The molecule has 26 heavy (non-hydrogen) atoms. The summed E-state index contributed by atoms with van der Waals surface area (Å²) in [6, 6.07) is 7.66. The van der Waals surface area contributed by atoms with Crippen LogP contribution in [-0.2, 0) is 16.0 Å². The van der Waals surface area contributed by atoms with E-state index in [4.69, 9.17) is 0 Å². The summed E-state index contributed by atoms with van der Waals surface area (Å²) in [5.41, 5.74) is 2.19. The van der Waals surface area contributed by atoms with Gasteiger partial charge in [-0.15, -0.1) is 0 Å². The Morgan fingerprint density at radius 2 is 1.58 bits per heavy atom. The number of nitrogens with zero attached hydrogens (tertiary/aromatic N) is 1. The fraction of sp³-hybridized carbons (Fsp3) is 0.636. The van der Waals surface area contributed by atoms with Crippen molar-refractivity contribution in [2.24, 2.45) is 17.8 Å². The Kier molecular flexibility index (Phi) is 3.75. The number of aryl methyl sites for hydroxylation is 1. The number of anilines is 1. The van der Waals surface area contributed by atoms with E-state index in [1.54, 1.807) is 0 Å². The number of benzene rings is 1. The molecule has 4 bridgehead atoms. The first-order valence-electron chi connectivity index (χ1n) is 10.4. The second-order valence-electron chi connectivity index (χ2n) is 9.34. The van der Waals surface area contributed by atoms with Gasteiger partial charge in [0.05, 0.1) is 17.6 Å². The van der Waals surface area contributed by atoms with Crippen molar-refractivity contribution in [2.45, 2.75) is 69.9 Å². The van der Waals surface area contributed by atoms with E-state index in [0.29, 0.717) is 6.42 Å². The molecule has 4 saturated carbocycles. The maximum Gasteiger partial charge on any atom is 0.292 e. The predicted octanol–water partition coefficient (Wildman–Crippen LogP) is 2.41. The summed E-state index contributed by atoms with van der Waals surface area (Å²) in [4.78, 5) is 27.1. The van der Waals surface area contributed by atoms with Gasteiger partial charge < -0.3 is 5.32 Å². The highest BCUT2D eigenvalue weighted by Gasteiger charge is 2.56. The zero-order chi connectivity index (χ0) is 17.9. The standard InChI is InChI=1S/C22H28N2O2/c1-2-14-3-5-18(6-4-14)24-20(25)10-19(21(24)26)23-22-11-15-7-16(12-22)9-17(8-15)13-22/h3-6,15-17,19,23H,2,7-13H2,1H3/p+1/t15?,16?,17?,19-,22?/m0/s1. The Bertz CT molecular complexity index is 704. The first-order chi connectivity index (χ1) is 12.5. The van der Waals surface area contributed by atoms with E-state index >= 15 is 0 Å². The highest BCUT2D eigenvalue weighted by molar-refractivity contribution is 6.21. The monoisotopic (exact) mass is 353 g/mol. The van der Waals surface area contributed by atoms with Gasteiger partial charge in [0.1, 0.15) is 0 Å². The molecule has 1 saturated heterocycles. The molecule has 4 nitrogen and oxygen atoms in total. The molecule has 0 unspecified atom stereocenters. The maximum absolute atomic E-state index is 13.1. The zero-order valence-electron chi connectivity index (χ0n) is 15.6. The van der Waals surface area contributed by atoms with Gasteiger partial charge in [-0.2, -0.15) is 0 Å². The molecule has 1 atom stereocenters. The second kappa shape index (κ2) is 5.91. The Balaban J connectivity index is 1.35. The summed E-state index contributed by atoms with van der Waals surface area (Å²) in [6.07, 6.45) is 9.29. The summed E-state index contributed by atoms with van der Waals surface area (Å²) in [6.45, 7) is 2.11. The van der Waals surface area contributed by atoms with E-state index < -0.39 is 0 Å². The van der Waals surface area contributed by atoms with E-state index in [9.17, 15) is 9.59 Å². The Hall–Kier alpha value is -1.68. The molecule has 2 N–H and O–H groups in total. The van der Waals surface area contributed by atoms with Gasteiger partial charge in [-0.05, 0) is 61.1 Å². The van der Waals surface area contributed by atoms with Crippen molar-refractivity contribution < 1.29 is 14.9 Å². The number of quaternary nitrogens is 1. The molecule has 1 aliphatic heterocycles. The molecule has 1 aromatic carbocycles. The van der Waals surface area contributed by atoms with Crippen molar-refractivity contribution in [3.05, 3.63) is 29.8 Å². The fourth-order valence-electron chi connectivity index (χ4n) is 6.75. The molecule has 1 heterocycles. The lowest BCUT2D eigenvalue weighted by Gasteiger charge is -2.55. The minimum atomic E-state index is -0.218. The van der Waals surface area contributed by atoms with Crippen molar-refractivity contribution in [3.63, 3.8) is 0 Å². The molecule has 0 spiro atoms. The Morgan fingerprint density at radius 1 is 1.00 bits per heavy atom. The van der Waals surface area contributed by atoms with Gasteiger partial charge in [0.25, 0.3) is 5.91 Å². The molecule has 5 aliphatic rings. The lowest BCUT2D eigenvalue weighted by atomic mass is 9.53. The summed E-state index contributed by atoms with van der Waals surface area (Å²) >= 11 is 0. The van der Waals surface area contributed by atoms with Crippen LogP contribution in [0.2, 0.25) is 0 Å². The quantitative estimate of drug-likeness (QED) is 0.845. The van der Waals surface area contributed by atoms with Crippen LogP contribution < -0.4 is 10.2 Å². The normalized spacial score (nSPS) is 38.4. The minimum absolute atomic E-state index is 0.00464. The third-order valence-corrected chi connectivity index (χ3v) is 7.42. The average molecular weight is 353 g/mol. The number of amides is 2. The first-order valence-corrected chi connectivity index (χ1v) is 10.4. The number of carbonyl (C=O) groups is 2. The third kappa shape index (κ3) is 2.61. The molecule has 4 heteroatoms. The molecule has 1 aromatic rings. The van der Waals surface area contributed by atoms with E-state index in [1.165, 1.54) is 49.0 Å². The van der Waals surface area contributed by atoms with Crippen molar-refractivity contribution in [3.8, 4) is 0 Å². The smallest absolute Gasteiger partial charge is 0.292 e. The Morgan fingerprint density at radius 3 is 2.12 bits per heavy atom. The van der Waals surface area contributed by atoms with E-state index in [-0.39, 0.29) is 23.4 Å². The molecule has 138 valence electrons. The lowest BCUT2D eigenvalue weighted by Crippen LogP contribution is -3.03. The summed E-state index contributed by atoms with van der Waals surface area (Å²) in [5.74, 6) is 2.55. The van der Waals surface area contributed by atoms with Crippen LogP contribution in [-0.4, -0.2) is 23.4 Å². The lowest BCUT2D eigenvalue weighted by molar-refractivity contribution is -0.755. The fourth-order valence-corrected chi connectivity index (χ4v) is 6.75. The van der Waals surface area contributed by atoms with E-state index in [0.717, 1.165) is 29.9 Å². The molecule has 0 aromatic heterocycles. The number of nitrogens with two attached hydrogens (primary N) is 1. The number of hydrogen-bond donors (Lipinski definition) is 1. The molecule has 0 radical (unpaired) electrons. The SMILES string of the molecule is CCc1ccc(N2C(=O)C[C@H]([NH2+]C34CC5CC(CC(C5)C3)C4)C2=O)cc1. The zero-order valence-corrected chi connectivity index (χ0v) is 15.6. The molecular weight excluding hydrogens is 324 g/mol. The van der Waals surface area contributed by atoms with Crippen molar-refractivity contribution in [1.82, 2.24) is 0 Å². The summed E-state index contributed by atoms with van der Waals surface area (Å²) in [5, 5.41) is 2.33. The van der Waals surface area contributed by atoms with Gasteiger partial charge in [0.15, 0.2) is 6.04 Å².